The Morgan fingerprint density at radius 1 is 0.857 bits per heavy atom. The Kier molecular flexibility index (Phi) is 5.67. The van der Waals surface area contributed by atoms with Crippen LogP contribution < -0.4 is 15.3 Å². The standard InChI is InChI=1S/C24H28NO2P/c1-5-25(22-18-19(24(2,3)4)16-17-23(22)26)28(27,20-12-8-6-9-13-20)21-14-10-7-11-15-21/h6-18,26H,5H2,1-4H3. The van der Waals surface area contributed by atoms with Gasteiger partial charge in [0, 0.05) is 17.2 Å². The Balaban J connectivity index is 2.27. The summed E-state index contributed by atoms with van der Waals surface area (Å²) in [5, 5.41) is 12.2. The lowest BCUT2D eigenvalue weighted by Crippen LogP contribution is -2.32. The fourth-order valence-corrected chi connectivity index (χ4v) is 6.28. The van der Waals surface area contributed by atoms with Crippen LogP contribution in [0.1, 0.15) is 33.3 Å². The van der Waals surface area contributed by atoms with Gasteiger partial charge in [0.05, 0.1) is 5.69 Å². The predicted molar refractivity (Wildman–Crippen MR) is 120 cm³/mol. The Bertz CT molecular complexity index is 935. The molecular weight excluding hydrogens is 365 g/mol. The van der Waals surface area contributed by atoms with Crippen molar-refractivity contribution in [3.05, 3.63) is 84.4 Å². The molecule has 0 aromatic heterocycles. The number of phenolic OH excluding ortho intramolecular Hbond substituents is 1. The summed E-state index contributed by atoms with van der Waals surface area (Å²) in [5.74, 6) is 0.141. The van der Waals surface area contributed by atoms with Crippen molar-refractivity contribution in [2.75, 3.05) is 11.2 Å². The van der Waals surface area contributed by atoms with Gasteiger partial charge in [0.15, 0.2) is 0 Å². The van der Waals surface area contributed by atoms with Gasteiger partial charge in [-0.15, -0.1) is 0 Å². The molecule has 0 aliphatic carbocycles. The largest absolute Gasteiger partial charge is 0.506 e. The van der Waals surface area contributed by atoms with E-state index in [1.807, 2.05) is 84.4 Å². The first-order valence-corrected chi connectivity index (χ1v) is 11.3. The zero-order valence-electron chi connectivity index (χ0n) is 17.0. The second kappa shape index (κ2) is 7.85. The molecule has 0 spiro atoms. The Labute approximate surface area is 168 Å². The zero-order valence-corrected chi connectivity index (χ0v) is 17.9. The zero-order chi connectivity index (χ0) is 20.4. The van der Waals surface area contributed by atoms with E-state index in [9.17, 15) is 9.67 Å². The van der Waals surface area contributed by atoms with Crippen LogP contribution in [0.15, 0.2) is 78.9 Å². The van der Waals surface area contributed by atoms with E-state index in [1.54, 1.807) is 6.07 Å². The van der Waals surface area contributed by atoms with Crippen molar-refractivity contribution >= 4 is 23.6 Å². The number of rotatable bonds is 5. The number of benzene rings is 3. The molecule has 146 valence electrons. The fourth-order valence-electron chi connectivity index (χ4n) is 3.41. The van der Waals surface area contributed by atoms with Gasteiger partial charge in [0.1, 0.15) is 5.75 Å². The van der Waals surface area contributed by atoms with Crippen molar-refractivity contribution in [2.24, 2.45) is 0 Å². The Morgan fingerprint density at radius 3 is 1.79 bits per heavy atom. The van der Waals surface area contributed by atoms with Crippen LogP contribution in [0.3, 0.4) is 0 Å². The van der Waals surface area contributed by atoms with Crippen LogP contribution in [0.4, 0.5) is 5.69 Å². The van der Waals surface area contributed by atoms with E-state index in [1.165, 1.54) is 0 Å². The van der Waals surface area contributed by atoms with Crippen LogP contribution in [0, 0.1) is 0 Å². The van der Waals surface area contributed by atoms with Gasteiger partial charge in [-0.3, -0.25) is 4.57 Å². The fraction of sp³-hybridized carbons (Fsp3) is 0.250. The van der Waals surface area contributed by atoms with Crippen LogP contribution in [-0.2, 0) is 9.98 Å². The SMILES string of the molecule is CCN(c1cc(C(C)(C)C)ccc1O)P(=O)(c1ccccc1)c1ccccc1. The van der Waals surface area contributed by atoms with E-state index in [0.29, 0.717) is 12.2 Å². The molecule has 0 amide bonds. The molecular formula is C24H28NO2P. The third-order valence-corrected chi connectivity index (χ3v) is 8.15. The van der Waals surface area contributed by atoms with Crippen LogP contribution in [0.5, 0.6) is 5.75 Å². The average molecular weight is 393 g/mol. The molecule has 3 aromatic carbocycles. The van der Waals surface area contributed by atoms with E-state index in [4.69, 9.17) is 0 Å². The maximum Gasteiger partial charge on any atom is 0.229 e. The minimum absolute atomic E-state index is 0.0780. The molecule has 0 bridgehead atoms. The summed E-state index contributed by atoms with van der Waals surface area (Å²) in [6, 6.07) is 24.7. The maximum absolute atomic E-state index is 14.7. The van der Waals surface area contributed by atoms with Gasteiger partial charge in [-0.25, -0.2) is 0 Å². The normalized spacial score (nSPS) is 12.0. The van der Waals surface area contributed by atoms with Crippen LogP contribution >= 0.6 is 7.29 Å². The van der Waals surface area contributed by atoms with E-state index in [2.05, 4.69) is 20.8 Å². The number of hydrogen-bond donors (Lipinski definition) is 1. The van der Waals surface area contributed by atoms with Crippen molar-refractivity contribution in [3.8, 4) is 5.75 Å². The highest BCUT2D eigenvalue weighted by atomic mass is 31.2. The Morgan fingerprint density at radius 2 is 1.36 bits per heavy atom. The number of aromatic hydroxyl groups is 1. The molecule has 0 atom stereocenters. The van der Waals surface area contributed by atoms with E-state index < -0.39 is 7.29 Å². The minimum Gasteiger partial charge on any atom is -0.506 e. The molecule has 0 aliphatic rings. The Hall–Kier alpha value is -2.51. The summed E-state index contributed by atoms with van der Waals surface area (Å²) in [7, 11) is -3.18. The lowest BCUT2D eigenvalue weighted by molar-refractivity contribution is 0.474. The molecule has 0 radical (unpaired) electrons. The molecule has 0 fully saturated rings. The van der Waals surface area contributed by atoms with Gasteiger partial charge in [0.25, 0.3) is 0 Å². The average Bonchev–Trinajstić information content (AvgIpc) is 2.70. The molecule has 3 nitrogen and oxygen atoms in total. The van der Waals surface area contributed by atoms with Gasteiger partial charge in [-0.05, 0) is 54.3 Å². The molecule has 0 heterocycles. The molecule has 0 unspecified atom stereocenters. The quantitative estimate of drug-likeness (QED) is 0.587. The van der Waals surface area contributed by atoms with E-state index >= 15 is 0 Å². The van der Waals surface area contributed by atoms with E-state index in [0.717, 1.165) is 16.2 Å². The highest BCUT2D eigenvalue weighted by Gasteiger charge is 2.35. The van der Waals surface area contributed by atoms with Crippen LogP contribution in [-0.4, -0.2) is 11.7 Å². The van der Waals surface area contributed by atoms with Crippen molar-refractivity contribution < 1.29 is 9.67 Å². The number of hydrogen-bond acceptors (Lipinski definition) is 2. The van der Waals surface area contributed by atoms with Crippen molar-refractivity contribution in [2.45, 2.75) is 33.1 Å². The second-order valence-electron chi connectivity index (χ2n) is 7.92. The topological polar surface area (TPSA) is 40.5 Å². The maximum atomic E-state index is 14.7. The summed E-state index contributed by atoms with van der Waals surface area (Å²) in [4.78, 5) is 0. The van der Waals surface area contributed by atoms with Gasteiger partial charge < -0.3 is 9.78 Å². The highest BCUT2D eigenvalue weighted by molar-refractivity contribution is 7.80. The lowest BCUT2D eigenvalue weighted by atomic mass is 9.87. The molecule has 1 N–H and O–H groups in total. The third kappa shape index (κ3) is 3.72. The number of nitrogens with zero attached hydrogens (tertiary/aromatic N) is 1. The predicted octanol–water partition coefficient (Wildman–Crippen LogP) is 5.45. The van der Waals surface area contributed by atoms with Gasteiger partial charge in [-0.2, -0.15) is 0 Å². The van der Waals surface area contributed by atoms with E-state index in [-0.39, 0.29) is 11.2 Å². The molecule has 0 saturated heterocycles. The van der Waals surface area contributed by atoms with Crippen molar-refractivity contribution in [3.63, 3.8) is 0 Å². The molecule has 3 rings (SSSR count). The summed E-state index contributed by atoms with van der Waals surface area (Å²) in [5.41, 5.74) is 1.61. The third-order valence-electron chi connectivity index (χ3n) is 4.97. The molecule has 3 aromatic rings. The first-order chi connectivity index (χ1) is 13.3. The molecule has 0 aliphatic heterocycles. The minimum atomic E-state index is -3.18. The highest BCUT2D eigenvalue weighted by Crippen LogP contribution is 2.52. The smallest absolute Gasteiger partial charge is 0.229 e. The van der Waals surface area contributed by atoms with Crippen molar-refractivity contribution in [1.29, 1.82) is 0 Å². The van der Waals surface area contributed by atoms with Crippen molar-refractivity contribution in [1.82, 2.24) is 0 Å². The van der Waals surface area contributed by atoms with Gasteiger partial charge in [0.2, 0.25) is 7.29 Å². The first-order valence-electron chi connectivity index (χ1n) is 9.61. The van der Waals surface area contributed by atoms with Gasteiger partial charge in [-0.1, -0.05) is 63.2 Å². The van der Waals surface area contributed by atoms with Crippen LogP contribution in [0.2, 0.25) is 0 Å². The first kappa shape index (κ1) is 20.2. The molecule has 28 heavy (non-hydrogen) atoms. The number of anilines is 1. The monoisotopic (exact) mass is 393 g/mol. The molecule has 0 saturated carbocycles. The lowest BCUT2D eigenvalue weighted by Gasteiger charge is -2.34. The molecule has 4 heteroatoms. The summed E-state index contributed by atoms with van der Waals surface area (Å²) >= 11 is 0. The summed E-state index contributed by atoms with van der Waals surface area (Å²) in [6.45, 7) is 8.87. The van der Waals surface area contributed by atoms with Crippen LogP contribution in [0.25, 0.3) is 0 Å². The number of phenols is 1. The summed E-state index contributed by atoms with van der Waals surface area (Å²) < 4.78 is 16.5. The van der Waals surface area contributed by atoms with Gasteiger partial charge >= 0.3 is 0 Å². The second-order valence-corrected chi connectivity index (χ2v) is 10.6. The summed E-state index contributed by atoms with van der Waals surface area (Å²) in [6.07, 6.45) is 0.